The molecular formula is C32H41ClN4O5. The Morgan fingerprint density at radius 1 is 1.02 bits per heavy atom. The number of aryl methyl sites for hydroxylation is 1. The third-order valence-corrected chi connectivity index (χ3v) is 10.1. The second-order valence-electron chi connectivity index (χ2n) is 13.8. The Hall–Kier alpha value is -2.94. The van der Waals surface area contributed by atoms with Crippen molar-refractivity contribution in [3.63, 3.8) is 0 Å². The van der Waals surface area contributed by atoms with Crippen molar-refractivity contribution >= 4 is 40.9 Å². The zero-order valence-corrected chi connectivity index (χ0v) is 25.6. The van der Waals surface area contributed by atoms with Gasteiger partial charge < -0.3 is 24.5 Å². The number of nitrogens with one attached hydrogen (secondary N) is 1. The average Bonchev–Trinajstić information content (AvgIpc) is 3.51. The number of carbonyl (C=O) groups is 3. The van der Waals surface area contributed by atoms with Crippen LogP contribution in [0.2, 0.25) is 5.02 Å². The number of rotatable bonds is 1. The van der Waals surface area contributed by atoms with E-state index in [1.807, 2.05) is 33.8 Å². The molecule has 10 heteroatoms. The fourth-order valence-electron chi connectivity index (χ4n) is 7.32. The van der Waals surface area contributed by atoms with Gasteiger partial charge in [0.1, 0.15) is 30.2 Å². The van der Waals surface area contributed by atoms with Crippen molar-refractivity contribution in [2.75, 3.05) is 6.54 Å². The molecule has 6 rings (SSSR count). The molecule has 226 valence electrons. The van der Waals surface area contributed by atoms with Crippen LogP contribution < -0.4 is 10.1 Å². The van der Waals surface area contributed by atoms with Crippen LogP contribution in [0.1, 0.15) is 71.9 Å². The molecule has 2 aliphatic carbocycles. The summed E-state index contributed by atoms with van der Waals surface area (Å²) in [5, 5.41) is 3.45. The van der Waals surface area contributed by atoms with Crippen molar-refractivity contribution in [3.05, 3.63) is 28.9 Å². The van der Waals surface area contributed by atoms with Crippen molar-refractivity contribution in [1.29, 1.82) is 0 Å². The fraction of sp³-hybridized carbons (Fsp3) is 0.656. The summed E-state index contributed by atoms with van der Waals surface area (Å²) < 4.78 is 12.5. The summed E-state index contributed by atoms with van der Waals surface area (Å²) in [4.78, 5) is 50.9. The molecule has 1 aromatic heterocycles. The normalized spacial score (nSPS) is 33.8. The molecule has 0 radical (unpaired) electrons. The zero-order valence-electron chi connectivity index (χ0n) is 24.8. The van der Waals surface area contributed by atoms with E-state index in [-0.39, 0.29) is 24.5 Å². The maximum Gasteiger partial charge on any atom is 0.408 e. The van der Waals surface area contributed by atoms with Gasteiger partial charge in [-0.1, -0.05) is 52.1 Å². The highest BCUT2D eigenvalue weighted by molar-refractivity contribution is 6.31. The van der Waals surface area contributed by atoms with Gasteiger partial charge in [-0.05, 0) is 73.5 Å². The standard InChI is InChI=1S/C32H41ClN4O5/c1-17-25(16-38)37-15-27(17)41-29-23(34-22-11-10-19(33)14-24(22)35-29)9-7-5-6-8-20-21-12-18(21)13-26(20)42-31(40)36-28(30(37)39)32(2,3)4/h10-11,14,16-18,20-21,25-28H,5-9,12-13,15H2,1-4H3,(H,36,40)/t17-,18?,20+,21?,25+,26+,27-,28+/m0/s1. The first-order chi connectivity index (χ1) is 20.0. The van der Waals surface area contributed by atoms with Gasteiger partial charge in [0.25, 0.3) is 0 Å². The highest BCUT2D eigenvalue weighted by Gasteiger charge is 2.54. The average molecular weight is 597 g/mol. The first kappa shape index (κ1) is 29.1. The third-order valence-electron chi connectivity index (χ3n) is 9.83. The van der Waals surface area contributed by atoms with Crippen molar-refractivity contribution in [2.45, 2.75) is 96.9 Å². The van der Waals surface area contributed by atoms with Gasteiger partial charge in [0.2, 0.25) is 11.8 Å². The Morgan fingerprint density at radius 2 is 1.83 bits per heavy atom. The number of hydrogen-bond donors (Lipinski definition) is 1. The Labute approximate surface area is 252 Å². The van der Waals surface area contributed by atoms with Crippen molar-refractivity contribution in [1.82, 2.24) is 20.2 Å². The molecule has 4 aliphatic rings. The van der Waals surface area contributed by atoms with Crippen molar-refractivity contribution in [2.24, 2.45) is 29.1 Å². The summed E-state index contributed by atoms with van der Waals surface area (Å²) in [5.41, 5.74) is 1.55. The molecule has 3 heterocycles. The van der Waals surface area contributed by atoms with Gasteiger partial charge >= 0.3 is 6.09 Å². The highest BCUT2D eigenvalue weighted by Crippen LogP contribution is 2.57. The van der Waals surface area contributed by atoms with Crippen LogP contribution in [0.15, 0.2) is 18.2 Å². The van der Waals surface area contributed by atoms with Crippen LogP contribution >= 0.6 is 11.6 Å². The molecule has 1 saturated heterocycles. The van der Waals surface area contributed by atoms with E-state index in [9.17, 15) is 14.4 Å². The second-order valence-corrected chi connectivity index (χ2v) is 14.2. The number of fused-ring (bicyclic) bond motifs is 7. The third kappa shape index (κ3) is 5.69. The molecule has 2 aliphatic heterocycles. The lowest BCUT2D eigenvalue weighted by Crippen LogP contribution is -2.56. The van der Waals surface area contributed by atoms with Gasteiger partial charge in [-0.15, -0.1) is 0 Å². The first-order valence-electron chi connectivity index (χ1n) is 15.4. The van der Waals surface area contributed by atoms with Crippen LogP contribution in [0, 0.1) is 29.1 Å². The van der Waals surface area contributed by atoms with E-state index in [1.165, 1.54) is 6.42 Å². The predicted molar refractivity (Wildman–Crippen MR) is 158 cm³/mol. The van der Waals surface area contributed by atoms with Gasteiger partial charge in [-0.25, -0.2) is 14.8 Å². The van der Waals surface area contributed by atoms with Crippen LogP contribution in [-0.2, 0) is 20.7 Å². The Bertz CT molecular complexity index is 1380. The first-order valence-corrected chi connectivity index (χ1v) is 15.8. The predicted octanol–water partition coefficient (Wildman–Crippen LogP) is 5.36. The number of aromatic nitrogens is 2. The van der Waals surface area contributed by atoms with E-state index in [2.05, 4.69) is 5.32 Å². The number of benzene rings is 1. The summed E-state index contributed by atoms with van der Waals surface area (Å²) in [6.07, 6.45) is 6.45. The molecule has 3 fully saturated rings. The Morgan fingerprint density at radius 3 is 2.60 bits per heavy atom. The number of aldehydes is 1. The van der Waals surface area contributed by atoms with Gasteiger partial charge in [-0.2, -0.15) is 0 Å². The number of amides is 2. The van der Waals surface area contributed by atoms with E-state index in [0.29, 0.717) is 40.6 Å². The summed E-state index contributed by atoms with van der Waals surface area (Å²) in [6.45, 7) is 7.81. The van der Waals surface area contributed by atoms with Gasteiger partial charge in [0, 0.05) is 10.9 Å². The molecule has 2 bridgehead atoms. The molecule has 1 N–H and O–H groups in total. The minimum atomic E-state index is -0.871. The van der Waals surface area contributed by atoms with Crippen LogP contribution in [-0.4, -0.2) is 64.0 Å². The van der Waals surface area contributed by atoms with E-state index in [0.717, 1.165) is 49.6 Å². The molecule has 1 aromatic carbocycles. The van der Waals surface area contributed by atoms with Gasteiger partial charge in [-0.3, -0.25) is 4.79 Å². The number of ether oxygens (including phenoxy) is 2. The number of nitrogens with zero attached hydrogens (tertiary/aromatic N) is 3. The summed E-state index contributed by atoms with van der Waals surface area (Å²) in [7, 11) is 0. The van der Waals surface area contributed by atoms with Gasteiger partial charge in [0.15, 0.2) is 0 Å². The SMILES string of the molecule is C[C@@H]1[C@@H]2CN(C(=O)[C@H](C(C)(C)C)NC(=O)O[C@@H]3CC4CC4[C@H]3CCCCCc3nc4ccc(Cl)cc4nc3O2)[C@@H]1C=O. The van der Waals surface area contributed by atoms with E-state index in [4.69, 9.17) is 31.0 Å². The number of halogens is 1. The maximum atomic E-state index is 14.0. The molecule has 2 saturated carbocycles. The van der Waals surface area contributed by atoms with Crippen molar-refractivity contribution in [3.8, 4) is 5.88 Å². The van der Waals surface area contributed by atoms with Crippen LogP contribution in [0.3, 0.4) is 0 Å². The lowest BCUT2D eigenvalue weighted by atomic mass is 9.85. The molecule has 2 amide bonds. The molecule has 0 spiro atoms. The molecule has 2 unspecified atom stereocenters. The van der Waals surface area contributed by atoms with Gasteiger partial charge in [0.05, 0.1) is 23.6 Å². The summed E-state index contributed by atoms with van der Waals surface area (Å²) >= 11 is 6.26. The molecule has 42 heavy (non-hydrogen) atoms. The topological polar surface area (TPSA) is 111 Å². The largest absolute Gasteiger partial charge is 0.471 e. The van der Waals surface area contributed by atoms with E-state index >= 15 is 0 Å². The number of alkyl carbamates (subject to hydrolysis) is 1. The van der Waals surface area contributed by atoms with E-state index < -0.39 is 29.7 Å². The molecule has 8 atom stereocenters. The zero-order chi connectivity index (χ0) is 29.8. The second kappa shape index (κ2) is 11.3. The summed E-state index contributed by atoms with van der Waals surface area (Å²) in [6, 6.07) is 3.86. The lowest BCUT2D eigenvalue weighted by Gasteiger charge is -2.35. The minimum absolute atomic E-state index is 0.125. The van der Waals surface area contributed by atoms with Crippen LogP contribution in [0.5, 0.6) is 5.88 Å². The quantitative estimate of drug-likeness (QED) is 0.441. The monoisotopic (exact) mass is 596 g/mol. The van der Waals surface area contributed by atoms with Crippen molar-refractivity contribution < 1.29 is 23.9 Å². The summed E-state index contributed by atoms with van der Waals surface area (Å²) in [5.74, 6) is 1.43. The van der Waals surface area contributed by atoms with E-state index in [1.54, 1.807) is 17.0 Å². The molecule has 2 aromatic rings. The van der Waals surface area contributed by atoms with Crippen LogP contribution in [0.4, 0.5) is 4.79 Å². The van der Waals surface area contributed by atoms with Crippen LogP contribution in [0.25, 0.3) is 11.0 Å². The fourth-order valence-corrected chi connectivity index (χ4v) is 7.48. The molecular weight excluding hydrogens is 556 g/mol. The number of hydrogen-bond acceptors (Lipinski definition) is 7. The minimum Gasteiger partial charge on any atom is -0.471 e. The maximum absolute atomic E-state index is 14.0. The Balaban J connectivity index is 1.34. The highest BCUT2D eigenvalue weighted by atomic mass is 35.5. The number of carbonyl (C=O) groups excluding carboxylic acids is 3. The smallest absolute Gasteiger partial charge is 0.408 e. The Kier molecular flexibility index (Phi) is 7.83. The lowest BCUT2D eigenvalue weighted by molar-refractivity contribution is -0.139. The molecule has 9 nitrogen and oxygen atoms in total.